The molecule has 0 aliphatic carbocycles. The van der Waals surface area contributed by atoms with E-state index in [1.807, 2.05) is 5.32 Å². The maximum atomic E-state index is 11.2. The summed E-state index contributed by atoms with van der Waals surface area (Å²) >= 11 is 0. The van der Waals surface area contributed by atoms with Crippen molar-refractivity contribution in [2.24, 2.45) is 0 Å². The second kappa shape index (κ2) is 2.48. The first-order valence-corrected chi connectivity index (χ1v) is 3.55. The van der Waals surface area contributed by atoms with Crippen LogP contribution >= 0.6 is 0 Å². The Hall–Kier alpha value is -2.04. The number of imide groups is 1. The lowest BCUT2D eigenvalue weighted by atomic mass is 10.0. The minimum Gasteiger partial charge on any atom is -0.284 e. The molecular weight excluding hydrogens is 172 g/mol. The smallest absolute Gasteiger partial charge is 0.284 e. The molecule has 64 valence electrons. The molecule has 2 amide bonds. The largest absolute Gasteiger partial charge is 0.299 e. The lowest BCUT2D eigenvalue weighted by molar-refractivity contribution is -0.116. The van der Waals surface area contributed by atoms with Crippen molar-refractivity contribution in [1.29, 1.82) is 0 Å². The van der Waals surface area contributed by atoms with Crippen LogP contribution < -0.4 is 5.32 Å². The van der Waals surface area contributed by atoms with Crippen LogP contribution in [0.4, 0.5) is 0 Å². The van der Waals surface area contributed by atoms with Gasteiger partial charge in [0.15, 0.2) is 0 Å². The van der Waals surface area contributed by atoms with E-state index in [1.165, 1.54) is 18.3 Å². The van der Waals surface area contributed by atoms with Crippen molar-refractivity contribution in [2.75, 3.05) is 0 Å². The minimum atomic E-state index is -0.898. The molecule has 0 bridgehead atoms. The second-order valence-corrected chi connectivity index (χ2v) is 2.51. The van der Waals surface area contributed by atoms with E-state index in [9.17, 15) is 14.4 Å². The van der Waals surface area contributed by atoms with Crippen molar-refractivity contribution < 1.29 is 14.4 Å². The van der Waals surface area contributed by atoms with E-state index in [1.54, 1.807) is 0 Å². The number of pyridine rings is 1. The monoisotopic (exact) mass is 176 g/mol. The highest BCUT2D eigenvalue weighted by Gasteiger charge is 2.30. The van der Waals surface area contributed by atoms with Crippen molar-refractivity contribution in [3.05, 3.63) is 29.6 Å². The molecule has 0 spiro atoms. The molecule has 1 aliphatic heterocycles. The molecule has 0 saturated heterocycles. The van der Waals surface area contributed by atoms with E-state index in [2.05, 4.69) is 4.98 Å². The highest BCUT2D eigenvalue weighted by molar-refractivity contribution is 6.48. The van der Waals surface area contributed by atoms with E-state index in [0.717, 1.165) is 0 Å². The van der Waals surface area contributed by atoms with Gasteiger partial charge in [-0.05, 0) is 12.1 Å². The fraction of sp³-hybridized carbons (Fsp3) is 0. The number of hydrogen-bond donors (Lipinski definition) is 1. The number of nitrogens with zero attached hydrogens (tertiary/aromatic N) is 1. The molecule has 0 atom stereocenters. The Morgan fingerprint density at radius 1 is 1.15 bits per heavy atom. The maximum Gasteiger partial charge on any atom is 0.299 e. The maximum absolute atomic E-state index is 11.2. The summed E-state index contributed by atoms with van der Waals surface area (Å²) in [5.74, 6) is -2.24. The Balaban J connectivity index is 2.67. The lowest BCUT2D eigenvalue weighted by Crippen LogP contribution is -2.42. The number of amides is 2. The second-order valence-electron chi connectivity index (χ2n) is 2.51. The van der Waals surface area contributed by atoms with Crippen LogP contribution in [-0.2, 0) is 4.79 Å². The zero-order valence-electron chi connectivity index (χ0n) is 6.40. The summed E-state index contributed by atoms with van der Waals surface area (Å²) in [6.07, 6.45) is 1.39. The number of fused-ring (bicyclic) bond motifs is 1. The molecule has 5 nitrogen and oxygen atoms in total. The molecular formula is C8H4N2O3. The zero-order valence-corrected chi connectivity index (χ0v) is 6.40. The number of nitrogens with one attached hydrogen (secondary N) is 1. The van der Waals surface area contributed by atoms with Gasteiger partial charge in [-0.2, -0.15) is 0 Å². The minimum absolute atomic E-state index is 0.00657. The van der Waals surface area contributed by atoms with E-state index >= 15 is 0 Å². The summed E-state index contributed by atoms with van der Waals surface area (Å²) in [5.41, 5.74) is 0.0725. The average Bonchev–Trinajstić information content (AvgIpc) is 2.15. The van der Waals surface area contributed by atoms with Crippen LogP contribution in [-0.4, -0.2) is 22.6 Å². The molecule has 5 heteroatoms. The summed E-state index contributed by atoms with van der Waals surface area (Å²) in [5, 5.41) is 1.90. The molecule has 1 N–H and O–H groups in total. The fourth-order valence-electron chi connectivity index (χ4n) is 1.11. The Morgan fingerprint density at radius 2 is 1.92 bits per heavy atom. The molecule has 0 fully saturated rings. The van der Waals surface area contributed by atoms with Crippen LogP contribution in [0.25, 0.3) is 0 Å². The highest BCUT2D eigenvalue weighted by Crippen LogP contribution is 2.10. The molecule has 0 aromatic carbocycles. The fourth-order valence-corrected chi connectivity index (χ4v) is 1.11. The van der Waals surface area contributed by atoms with E-state index < -0.39 is 17.6 Å². The van der Waals surface area contributed by atoms with Crippen LogP contribution in [0.15, 0.2) is 18.3 Å². The van der Waals surface area contributed by atoms with Gasteiger partial charge in [0.2, 0.25) is 0 Å². The van der Waals surface area contributed by atoms with Gasteiger partial charge < -0.3 is 0 Å². The van der Waals surface area contributed by atoms with Crippen molar-refractivity contribution in [3.63, 3.8) is 0 Å². The van der Waals surface area contributed by atoms with E-state index in [4.69, 9.17) is 0 Å². The molecule has 0 radical (unpaired) electrons. The van der Waals surface area contributed by atoms with Crippen molar-refractivity contribution >= 4 is 17.6 Å². The van der Waals surface area contributed by atoms with Crippen LogP contribution in [0.2, 0.25) is 0 Å². The van der Waals surface area contributed by atoms with Crippen LogP contribution in [0.5, 0.6) is 0 Å². The Bertz CT molecular complexity index is 425. The number of aromatic nitrogens is 1. The molecule has 2 heterocycles. The van der Waals surface area contributed by atoms with Gasteiger partial charge in [-0.15, -0.1) is 0 Å². The quantitative estimate of drug-likeness (QED) is 0.428. The molecule has 1 aromatic heterocycles. The van der Waals surface area contributed by atoms with Crippen LogP contribution in [0, 0.1) is 0 Å². The third-order valence-electron chi connectivity index (χ3n) is 1.70. The van der Waals surface area contributed by atoms with Gasteiger partial charge in [0.25, 0.3) is 17.6 Å². The molecule has 0 saturated carbocycles. The molecule has 13 heavy (non-hydrogen) atoms. The van der Waals surface area contributed by atoms with Gasteiger partial charge in [-0.25, -0.2) is 0 Å². The highest BCUT2D eigenvalue weighted by atomic mass is 16.2. The first kappa shape index (κ1) is 7.60. The zero-order chi connectivity index (χ0) is 9.42. The molecule has 2 rings (SSSR count). The van der Waals surface area contributed by atoms with Crippen LogP contribution in [0.1, 0.15) is 20.8 Å². The van der Waals surface area contributed by atoms with Gasteiger partial charge in [0, 0.05) is 6.20 Å². The molecule has 1 aromatic rings. The number of carbonyl (C=O) groups is 3. The van der Waals surface area contributed by atoms with Crippen molar-refractivity contribution in [2.45, 2.75) is 0 Å². The number of hydrogen-bond acceptors (Lipinski definition) is 4. The Kier molecular flexibility index (Phi) is 1.45. The third kappa shape index (κ3) is 1.01. The predicted octanol–water partition coefficient (Wildman–Crippen LogP) is -0.466. The average molecular weight is 176 g/mol. The Labute approximate surface area is 72.8 Å². The number of Topliss-reactive ketones (excluding diaryl/α,β-unsaturated/α-hetero) is 1. The predicted molar refractivity (Wildman–Crippen MR) is 41.0 cm³/mol. The van der Waals surface area contributed by atoms with Crippen molar-refractivity contribution in [1.82, 2.24) is 10.3 Å². The first-order chi connectivity index (χ1) is 6.20. The third-order valence-corrected chi connectivity index (χ3v) is 1.70. The van der Waals surface area contributed by atoms with Gasteiger partial charge in [-0.3, -0.25) is 24.7 Å². The summed E-state index contributed by atoms with van der Waals surface area (Å²) in [6.45, 7) is 0. The van der Waals surface area contributed by atoms with Gasteiger partial charge in [-0.1, -0.05) is 0 Å². The molecule has 0 unspecified atom stereocenters. The normalized spacial score (nSPS) is 15.2. The lowest BCUT2D eigenvalue weighted by Gasteiger charge is -2.11. The summed E-state index contributed by atoms with van der Waals surface area (Å²) in [4.78, 5) is 36.8. The van der Waals surface area contributed by atoms with Crippen molar-refractivity contribution in [3.8, 4) is 0 Å². The molecule has 1 aliphatic rings. The van der Waals surface area contributed by atoms with Gasteiger partial charge in [0.1, 0.15) is 5.69 Å². The Morgan fingerprint density at radius 3 is 2.69 bits per heavy atom. The van der Waals surface area contributed by atoms with Gasteiger partial charge in [0.05, 0.1) is 5.56 Å². The number of carbonyl (C=O) groups excluding carboxylic acids is 3. The number of ketones is 1. The standard InChI is InChI=1S/C8H4N2O3/c11-6-4-2-1-3-9-5(4)7(12)10-8(6)13/h1-3H,(H,10,12,13). The van der Waals surface area contributed by atoms with E-state index in [0.29, 0.717) is 0 Å². The SMILES string of the molecule is O=C1NC(=O)c2ncccc2C1=O. The summed E-state index contributed by atoms with van der Waals surface area (Å²) in [6, 6.07) is 2.91. The number of rotatable bonds is 0. The summed E-state index contributed by atoms with van der Waals surface area (Å²) in [7, 11) is 0. The first-order valence-electron chi connectivity index (χ1n) is 3.55. The topological polar surface area (TPSA) is 76.1 Å². The van der Waals surface area contributed by atoms with E-state index in [-0.39, 0.29) is 11.3 Å². The van der Waals surface area contributed by atoms with Crippen LogP contribution in [0.3, 0.4) is 0 Å². The summed E-state index contributed by atoms with van der Waals surface area (Å²) < 4.78 is 0. The van der Waals surface area contributed by atoms with Gasteiger partial charge >= 0.3 is 0 Å².